The lowest BCUT2D eigenvalue weighted by Crippen LogP contribution is -2.33. The van der Waals surface area contributed by atoms with Gasteiger partial charge >= 0.3 is 0 Å². The second-order valence-corrected chi connectivity index (χ2v) is 4.82. The Morgan fingerprint density at radius 3 is 2.94 bits per heavy atom. The van der Waals surface area contributed by atoms with Crippen molar-refractivity contribution in [2.45, 2.75) is 38.8 Å². The van der Waals surface area contributed by atoms with Crippen LogP contribution in [0.1, 0.15) is 37.6 Å². The Kier molecular flexibility index (Phi) is 5.28. The Labute approximate surface area is 100 Å². The SMILES string of the molecule is CCC(NC(C)CC(N)=NO)c1cccs1. The smallest absolute Gasteiger partial charge is 0.140 e. The molecule has 0 spiro atoms. The maximum absolute atomic E-state index is 8.50. The topological polar surface area (TPSA) is 70.6 Å². The molecule has 0 aliphatic rings. The van der Waals surface area contributed by atoms with E-state index in [-0.39, 0.29) is 11.9 Å². The van der Waals surface area contributed by atoms with E-state index in [0.29, 0.717) is 12.5 Å². The molecule has 1 aromatic rings. The third-order valence-electron chi connectivity index (χ3n) is 2.42. The fraction of sp³-hybridized carbons (Fsp3) is 0.545. The summed E-state index contributed by atoms with van der Waals surface area (Å²) in [6.45, 7) is 4.18. The lowest BCUT2D eigenvalue weighted by molar-refractivity contribution is 0.315. The van der Waals surface area contributed by atoms with Crippen LogP contribution in [0.25, 0.3) is 0 Å². The van der Waals surface area contributed by atoms with Gasteiger partial charge in [-0.05, 0) is 24.8 Å². The highest BCUT2D eigenvalue weighted by Gasteiger charge is 2.14. The van der Waals surface area contributed by atoms with Crippen LogP contribution in [-0.4, -0.2) is 17.1 Å². The van der Waals surface area contributed by atoms with Gasteiger partial charge in [0.2, 0.25) is 0 Å². The molecule has 0 aromatic carbocycles. The predicted molar refractivity (Wildman–Crippen MR) is 68.0 cm³/mol. The van der Waals surface area contributed by atoms with Gasteiger partial charge in [0, 0.05) is 23.4 Å². The summed E-state index contributed by atoms with van der Waals surface area (Å²) in [7, 11) is 0. The summed E-state index contributed by atoms with van der Waals surface area (Å²) in [5.41, 5.74) is 5.47. The lowest BCUT2D eigenvalue weighted by Gasteiger charge is -2.20. The monoisotopic (exact) mass is 241 g/mol. The molecular weight excluding hydrogens is 222 g/mol. The molecule has 0 bridgehead atoms. The first-order valence-electron chi connectivity index (χ1n) is 5.43. The quantitative estimate of drug-likeness (QED) is 0.310. The van der Waals surface area contributed by atoms with Crippen molar-refractivity contribution in [1.29, 1.82) is 0 Å². The van der Waals surface area contributed by atoms with Gasteiger partial charge < -0.3 is 16.3 Å². The van der Waals surface area contributed by atoms with Crippen molar-refractivity contribution in [2.75, 3.05) is 0 Å². The van der Waals surface area contributed by atoms with Gasteiger partial charge in [-0.3, -0.25) is 0 Å². The molecule has 2 atom stereocenters. The number of hydrogen-bond acceptors (Lipinski definition) is 4. The standard InChI is InChI=1S/C11H19N3OS/c1-3-9(10-5-4-6-16-10)13-8(2)7-11(12)14-15/h4-6,8-9,13,15H,3,7H2,1-2H3,(H2,12,14). The van der Waals surface area contributed by atoms with E-state index in [1.807, 2.05) is 6.92 Å². The minimum Gasteiger partial charge on any atom is -0.409 e. The van der Waals surface area contributed by atoms with E-state index in [9.17, 15) is 0 Å². The van der Waals surface area contributed by atoms with Crippen LogP contribution in [-0.2, 0) is 0 Å². The van der Waals surface area contributed by atoms with E-state index in [4.69, 9.17) is 10.9 Å². The average molecular weight is 241 g/mol. The van der Waals surface area contributed by atoms with Crippen LogP contribution < -0.4 is 11.1 Å². The normalized spacial score (nSPS) is 16.0. The van der Waals surface area contributed by atoms with E-state index in [1.165, 1.54) is 4.88 Å². The molecule has 0 saturated carbocycles. The first kappa shape index (κ1) is 13.0. The zero-order valence-electron chi connectivity index (χ0n) is 9.68. The van der Waals surface area contributed by atoms with Crippen molar-refractivity contribution in [2.24, 2.45) is 10.9 Å². The second kappa shape index (κ2) is 6.50. The van der Waals surface area contributed by atoms with Crippen molar-refractivity contribution >= 4 is 17.2 Å². The van der Waals surface area contributed by atoms with E-state index in [0.717, 1.165) is 6.42 Å². The molecule has 0 radical (unpaired) electrons. The molecule has 1 aromatic heterocycles. The minimum absolute atomic E-state index is 0.197. The summed E-state index contributed by atoms with van der Waals surface area (Å²) in [4.78, 5) is 1.33. The van der Waals surface area contributed by atoms with Crippen LogP contribution in [0.5, 0.6) is 0 Å². The van der Waals surface area contributed by atoms with Crippen LogP contribution in [0.15, 0.2) is 22.7 Å². The number of nitrogens with zero attached hydrogens (tertiary/aromatic N) is 1. The third-order valence-corrected chi connectivity index (χ3v) is 3.41. The minimum atomic E-state index is 0.197. The number of oxime groups is 1. The van der Waals surface area contributed by atoms with Gasteiger partial charge in [0.25, 0.3) is 0 Å². The molecule has 4 nitrogen and oxygen atoms in total. The number of rotatable bonds is 6. The highest BCUT2D eigenvalue weighted by molar-refractivity contribution is 7.10. The van der Waals surface area contributed by atoms with Crippen LogP contribution >= 0.6 is 11.3 Å². The molecule has 0 fully saturated rings. The van der Waals surface area contributed by atoms with Gasteiger partial charge in [-0.25, -0.2) is 0 Å². The molecule has 16 heavy (non-hydrogen) atoms. The molecule has 0 saturated heterocycles. The first-order chi connectivity index (χ1) is 7.67. The van der Waals surface area contributed by atoms with Crippen molar-refractivity contribution in [3.63, 3.8) is 0 Å². The summed E-state index contributed by atoms with van der Waals surface area (Å²) in [6.07, 6.45) is 1.58. The Balaban J connectivity index is 2.51. The molecule has 1 heterocycles. The van der Waals surface area contributed by atoms with Crippen LogP contribution in [0, 0.1) is 0 Å². The Morgan fingerprint density at radius 1 is 1.69 bits per heavy atom. The summed E-state index contributed by atoms with van der Waals surface area (Å²) in [6, 6.07) is 4.73. The zero-order chi connectivity index (χ0) is 12.0. The number of nitrogens with one attached hydrogen (secondary N) is 1. The number of hydrogen-bond donors (Lipinski definition) is 3. The predicted octanol–water partition coefficient (Wildman–Crippen LogP) is 2.31. The number of amidine groups is 1. The van der Waals surface area contributed by atoms with Crippen LogP contribution in [0.3, 0.4) is 0 Å². The maximum Gasteiger partial charge on any atom is 0.140 e. The van der Waals surface area contributed by atoms with E-state index >= 15 is 0 Å². The number of thiophene rings is 1. The van der Waals surface area contributed by atoms with E-state index in [2.05, 4.69) is 34.9 Å². The van der Waals surface area contributed by atoms with Gasteiger partial charge in [0.15, 0.2) is 0 Å². The van der Waals surface area contributed by atoms with Gasteiger partial charge in [-0.15, -0.1) is 11.3 Å². The number of nitrogens with two attached hydrogens (primary N) is 1. The Morgan fingerprint density at radius 2 is 2.44 bits per heavy atom. The fourth-order valence-corrected chi connectivity index (χ4v) is 2.52. The molecule has 0 aliphatic carbocycles. The largest absolute Gasteiger partial charge is 0.409 e. The van der Waals surface area contributed by atoms with Crippen molar-refractivity contribution < 1.29 is 5.21 Å². The molecule has 1 rings (SSSR count). The summed E-state index contributed by atoms with van der Waals surface area (Å²) < 4.78 is 0. The van der Waals surface area contributed by atoms with Crippen LogP contribution in [0.4, 0.5) is 0 Å². The van der Waals surface area contributed by atoms with Gasteiger partial charge in [-0.2, -0.15) is 0 Å². The summed E-state index contributed by atoms with van der Waals surface area (Å²) in [5, 5.41) is 17.0. The van der Waals surface area contributed by atoms with Gasteiger partial charge in [0.1, 0.15) is 5.84 Å². The molecule has 4 N–H and O–H groups in total. The maximum atomic E-state index is 8.50. The Hall–Kier alpha value is -1.07. The molecule has 90 valence electrons. The van der Waals surface area contributed by atoms with E-state index < -0.39 is 0 Å². The highest BCUT2D eigenvalue weighted by Crippen LogP contribution is 2.22. The molecule has 2 unspecified atom stereocenters. The average Bonchev–Trinajstić information content (AvgIpc) is 2.79. The highest BCUT2D eigenvalue weighted by atomic mass is 32.1. The van der Waals surface area contributed by atoms with Crippen molar-refractivity contribution in [1.82, 2.24) is 5.32 Å². The summed E-state index contributed by atoms with van der Waals surface area (Å²) in [5.74, 6) is 0.265. The van der Waals surface area contributed by atoms with Crippen molar-refractivity contribution in [3.05, 3.63) is 22.4 Å². The molecule has 0 amide bonds. The van der Waals surface area contributed by atoms with Crippen molar-refractivity contribution in [3.8, 4) is 0 Å². The molecule has 0 aliphatic heterocycles. The molecule has 5 heteroatoms. The fourth-order valence-electron chi connectivity index (χ4n) is 1.65. The van der Waals surface area contributed by atoms with Gasteiger partial charge in [0.05, 0.1) is 0 Å². The Bertz CT molecular complexity index is 324. The zero-order valence-corrected chi connectivity index (χ0v) is 10.5. The third kappa shape index (κ3) is 3.83. The van der Waals surface area contributed by atoms with E-state index in [1.54, 1.807) is 11.3 Å². The van der Waals surface area contributed by atoms with Gasteiger partial charge in [-0.1, -0.05) is 18.1 Å². The molecular formula is C11H19N3OS. The lowest BCUT2D eigenvalue weighted by atomic mass is 10.1. The van der Waals surface area contributed by atoms with Crippen LogP contribution in [0.2, 0.25) is 0 Å². The first-order valence-corrected chi connectivity index (χ1v) is 6.31. The summed E-state index contributed by atoms with van der Waals surface area (Å²) >= 11 is 1.75. The second-order valence-electron chi connectivity index (χ2n) is 3.84.